The lowest BCUT2D eigenvalue weighted by Crippen LogP contribution is -2.51. The molecule has 0 spiro atoms. The van der Waals surface area contributed by atoms with Crippen molar-refractivity contribution in [1.29, 1.82) is 0 Å². The molecule has 0 radical (unpaired) electrons. The smallest absolute Gasteiger partial charge is 0.276 e. The summed E-state index contributed by atoms with van der Waals surface area (Å²) in [5.41, 5.74) is 0. The van der Waals surface area contributed by atoms with E-state index < -0.39 is 10.2 Å². The van der Waals surface area contributed by atoms with Crippen molar-refractivity contribution >= 4 is 28.5 Å². The minimum atomic E-state index is -3.63. The van der Waals surface area contributed by atoms with Crippen LogP contribution in [-0.2, 0) is 15.0 Å². The lowest BCUT2D eigenvalue weighted by Gasteiger charge is -2.38. The summed E-state index contributed by atoms with van der Waals surface area (Å²) in [6.45, 7) is 5.50. The largest absolute Gasteiger partial charge is 0.339 e. The predicted octanol–water partition coefficient (Wildman–Crippen LogP) is 0.314. The number of hydrogen-bond donors (Lipinski definition) is 2. The number of rotatable bonds is 5. The summed E-state index contributed by atoms with van der Waals surface area (Å²) in [5, 5.41) is 8.48. The fraction of sp³-hybridized carbons (Fsp3) is 0.929. The number of carbonyl (C=O) groups excluding carboxylic acids is 1. The number of halogens is 1. The molecule has 2 rings (SSSR count). The Hall–Kier alpha value is -0.410. The van der Waals surface area contributed by atoms with Crippen molar-refractivity contribution in [3.8, 4) is 0 Å². The van der Waals surface area contributed by atoms with E-state index in [1.807, 2.05) is 4.90 Å². The maximum absolute atomic E-state index is 12.9. The second-order valence-electron chi connectivity index (χ2n) is 6.23. The van der Waals surface area contributed by atoms with Crippen LogP contribution >= 0.6 is 12.4 Å². The number of carbonyl (C=O) groups is 1. The molecule has 0 saturated carbocycles. The second kappa shape index (κ2) is 9.17. The fourth-order valence-electron chi connectivity index (χ4n) is 3.42. The average Bonchev–Trinajstić information content (AvgIpc) is 2.52. The highest BCUT2D eigenvalue weighted by atomic mass is 35.5. The van der Waals surface area contributed by atoms with Crippen LogP contribution < -0.4 is 10.5 Å². The zero-order valence-electron chi connectivity index (χ0n) is 13.7. The summed E-state index contributed by atoms with van der Waals surface area (Å²) < 4.78 is 24.0. The highest BCUT2D eigenvalue weighted by Gasteiger charge is 2.34. The predicted molar refractivity (Wildman–Crippen MR) is 92.5 cm³/mol. The number of amides is 1. The van der Waals surface area contributed by atoms with Crippen LogP contribution in [0.1, 0.15) is 39.0 Å². The number of hydrogen-bond acceptors (Lipinski definition) is 4. The Balaban J connectivity index is 0.00000264. The summed E-state index contributed by atoms with van der Waals surface area (Å²) in [5.74, 6) is 0.127. The van der Waals surface area contributed by atoms with Crippen LogP contribution in [0.25, 0.3) is 0 Å². The number of piperidine rings is 2. The third-order valence-corrected chi connectivity index (χ3v) is 5.75. The molecule has 3 N–H and O–H groups in total. The molecule has 23 heavy (non-hydrogen) atoms. The first-order valence-electron chi connectivity index (χ1n) is 8.22. The molecule has 2 heterocycles. The number of nitrogens with one attached hydrogen (secondary N) is 1. The first-order valence-corrected chi connectivity index (χ1v) is 9.73. The van der Waals surface area contributed by atoms with E-state index in [9.17, 15) is 13.2 Å². The molecular formula is C14H29ClN4O3S. The Morgan fingerprint density at radius 3 is 2.26 bits per heavy atom. The molecule has 0 aromatic carbocycles. The van der Waals surface area contributed by atoms with E-state index >= 15 is 0 Å². The van der Waals surface area contributed by atoms with E-state index in [2.05, 4.69) is 12.2 Å². The van der Waals surface area contributed by atoms with E-state index in [4.69, 9.17) is 5.14 Å². The first-order chi connectivity index (χ1) is 10.4. The van der Waals surface area contributed by atoms with Gasteiger partial charge in [0.15, 0.2) is 0 Å². The van der Waals surface area contributed by atoms with Crippen molar-refractivity contribution in [2.75, 3.05) is 32.7 Å². The van der Waals surface area contributed by atoms with Gasteiger partial charge in [0.2, 0.25) is 5.91 Å². The summed E-state index contributed by atoms with van der Waals surface area (Å²) in [6, 6.07) is 0.324. The van der Waals surface area contributed by atoms with Crippen LogP contribution in [0.5, 0.6) is 0 Å². The zero-order valence-corrected chi connectivity index (χ0v) is 15.4. The SMILES string of the molecule is CCCN(C(=O)C1CCN(S(N)(=O)=O)CC1)C1CCNCC1.Cl. The van der Waals surface area contributed by atoms with Crippen LogP contribution in [0.15, 0.2) is 0 Å². The molecule has 2 aliphatic heterocycles. The van der Waals surface area contributed by atoms with Crippen LogP contribution in [0, 0.1) is 5.92 Å². The van der Waals surface area contributed by atoms with Crippen LogP contribution in [0.2, 0.25) is 0 Å². The summed E-state index contributed by atoms with van der Waals surface area (Å²) >= 11 is 0. The molecule has 0 aromatic heterocycles. The molecule has 2 saturated heterocycles. The minimum absolute atomic E-state index is 0. The van der Waals surface area contributed by atoms with Crippen molar-refractivity contribution in [2.24, 2.45) is 11.1 Å². The van der Waals surface area contributed by atoms with Gasteiger partial charge in [0.25, 0.3) is 10.2 Å². The van der Waals surface area contributed by atoms with Crippen LogP contribution in [0.4, 0.5) is 0 Å². The van der Waals surface area contributed by atoms with Gasteiger partial charge in [-0.15, -0.1) is 12.4 Å². The molecular weight excluding hydrogens is 340 g/mol. The van der Waals surface area contributed by atoms with E-state index in [0.29, 0.717) is 32.0 Å². The Morgan fingerprint density at radius 1 is 1.22 bits per heavy atom. The van der Waals surface area contributed by atoms with Crippen molar-refractivity contribution in [3.05, 3.63) is 0 Å². The van der Waals surface area contributed by atoms with Gasteiger partial charge in [-0.1, -0.05) is 6.92 Å². The van der Waals surface area contributed by atoms with Crippen molar-refractivity contribution in [3.63, 3.8) is 0 Å². The Bertz CT molecular complexity index is 474. The molecule has 0 atom stereocenters. The fourth-order valence-corrected chi connectivity index (χ4v) is 4.14. The van der Waals surface area contributed by atoms with Crippen LogP contribution in [-0.4, -0.2) is 62.3 Å². The van der Waals surface area contributed by atoms with Gasteiger partial charge >= 0.3 is 0 Å². The Morgan fingerprint density at radius 2 is 1.78 bits per heavy atom. The molecule has 0 bridgehead atoms. The van der Waals surface area contributed by atoms with Gasteiger partial charge in [0, 0.05) is 31.6 Å². The zero-order chi connectivity index (χ0) is 16.2. The molecule has 136 valence electrons. The monoisotopic (exact) mass is 368 g/mol. The highest BCUT2D eigenvalue weighted by molar-refractivity contribution is 7.86. The van der Waals surface area contributed by atoms with Gasteiger partial charge in [0.1, 0.15) is 0 Å². The Labute approximate surface area is 145 Å². The summed E-state index contributed by atoms with van der Waals surface area (Å²) in [6.07, 6.45) is 4.09. The van der Waals surface area contributed by atoms with E-state index in [1.165, 1.54) is 4.31 Å². The lowest BCUT2D eigenvalue weighted by molar-refractivity contribution is -0.139. The highest BCUT2D eigenvalue weighted by Crippen LogP contribution is 2.24. The standard InChI is InChI=1S/C14H28N4O3S.ClH/c1-2-9-18(13-3-7-16-8-4-13)14(19)12-5-10-17(11-6-12)22(15,20)21;/h12-13,16H,2-11H2,1H3,(H2,15,20,21);1H. The molecule has 0 aromatic rings. The average molecular weight is 369 g/mol. The maximum atomic E-state index is 12.9. The molecule has 1 amide bonds. The summed E-state index contributed by atoms with van der Waals surface area (Å²) in [4.78, 5) is 14.9. The van der Waals surface area contributed by atoms with Gasteiger partial charge in [-0.2, -0.15) is 12.7 Å². The quantitative estimate of drug-likeness (QED) is 0.730. The van der Waals surface area contributed by atoms with Gasteiger partial charge in [-0.05, 0) is 45.2 Å². The van der Waals surface area contributed by atoms with Crippen molar-refractivity contribution < 1.29 is 13.2 Å². The van der Waals surface area contributed by atoms with Gasteiger partial charge in [-0.25, -0.2) is 5.14 Å². The van der Waals surface area contributed by atoms with Gasteiger partial charge in [-0.3, -0.25) is 4.79 Å². The van der Waals surface area contributed by atoms with E-state index in [0.717, 1.165) is 38.9 Å². The summed E-state index contributed by atoms with van der Waals surface area (Å²) in [7, 11) is -3.63. The molecule has 2 fully saturated rings. The van der Waals surface area contributed by atoms with E-state index in [-0.39, 0.29) is 24.2 Å². The van der Waals surface area contributed by atoms with Gasteiger partial charge in [0.05, 0.1) is 0 Å². The topological polar surface area (TPSA) is 95.7 Å². The van der Waals surface area contributed by atoms with Crippen molar-refractivity contribution in [2.45, 2.75) is 45.1 Å². The molecule has 7 nitrogen and oxygen atoms in total. The number of nitrogens with two attached hydrogens (primary N) is 1. The number of nitrogens with zero attached hydrogens (tertiary/aromatic N) is 2. The first kappa shape index (κ1) is 20.6. The maximum Gasteiger partial charge on any atom is 0.276 e. The molecule has 2 aliphatic rings. The Kier molecular flexibility index (Phi) is 8.23. The normalized spacial score (nSPS) is 21.7. The third kappa shape index (κ3) is 5.56. The molecule has 9 heteroatoms. The van der Waals surface area contributed by atoms with E-state index in [1.54, 1.807) is 0 Å². The van der Waals surface area contributed by atoms with Crippen molar-refractivity contribution in [1.82, 2.24) is 14.5 Å². The molecule has 0 unspecified atom stereocenters. The minimum Gasteiger partial charge on any atom is -0.339 e. The lowest BCUT2D eigenvalue weighted by atomic mass is 9.94. The molecule has 0 aliphatic carbocycles. The third-order valence-electron chi connectivity index (χ3n) is 4.66. The van der Waals surface area contributed by atoms with Crippen LogP contribution in [0.3, 0.4) is 0 Å². The van der Waals surface area contributed by atoms with Gasteiger partial charge < -0.3 is 10.2 Å². The second-order valence-corrected chi connectivity index (χ2v) is 7.78.